The number of hydrogen-bond acceptors (Lipinski definition) is 3. The maximum absolute atomic E-state index is 3.45. The van der Waals surface area contributed by atoms with E-state index >= 15 is 0 Å². The number of thiophene rings is 1. The van der Waals surface area contributed by atoms with Gasteiger partial charge in [-0.25, -0.2) is 0 Å². The van der Waals surface area contributed by atoms with Crippen molar-refractivity contribution in [1.82, 2.24) is 10.2 Å². The first-order valence-corrected chi connectivity index (χ1v) is 8.19. The van der Waals surface area contributed by atoms with Crippen molar-refractivity contribution in [3.63, 3.8) is 0 Å². The van der Waals surface area contributed by atoms with E-state index in [1.807, 2.05) is 11.3 Å². The fraction of sp³-hybridized carbons (Fsp3) is 0.412. The third-order valence-electron chi connectivity index (χ3n) is 4.06. The Labute approximate surface area is 125 Å². The lowest BCUT2D eigenvalue weighted by atomic mass is 9.96. The van der Waals surface area contributed by atoms with Crippen LogP contribution in [0.15, 0.2) is 35.7 Å². The lowest BCUT2D eigenvalue weighted by Gasteiger charge is -2.35. The molecule has 106 valence electrons. The van der Waals surface area contributed by atoms with E-state index in [9.17, 15) is 0 Å². The Morgan fingerprint density at radius 1 is 1.15 bits per heavy atom. The molecule has 3 rings (SSSR count). The van der Waals surface area contributed by atoms with Crippen LogP contribution in [0.25, 0.3) is 0 Å². The molecule has 0 aliphatic carbocycles. The maximum atomic E-state index is 3.45. The van der Waals surface area contributed by atoms with Crippen LogP contribution in [0.5, 0.6) is 0 Å². The molecule has 1 unspecified atom stereocenters. The van der Waals surface area contributed by atoms with Crippen molar-refractivity contribution in [2.24, 2.45) is 0 Å². The summed E-state index contributed by atoms with van der Waals surface area (Å²) in [6.45, 7) is 8.84. The van der Waals surface area contributed by atoms with Gasteiger partial charge in [0.2, 0.25) is 0 Å². The Balaban J connectivity index is 2.02. The molecule has 3 heteroatoms. The molecule has 0 spiro atoms. The molecule has 1 saturated heterocycles. The highest BCUT2D eigenvalue weighted by molar-refractivity contribution is 7.10. The van der Waals surface area contributed by atoms with E-state index in [0.29, 0.717) is 6.04 Å². The smallest absolute Gasteiger partial charge is 0.0699 e. The van der Waals surface area contributed by atoms with Crippen molar-refractivity contribution in [3.05, 3.63) is 57.3 Å². The van der Waals surface area contributed by atoms with Gasteiger partial charge in [-0.15, -0.1) is 11.3 Å². The molecule has 1 fully saturated rings. The zero-order chi connectivity index (χ0) is 13.9. The summed E-state index contributed by atoms with van der Waals surface area (Å²) in [5.74, 6) is 0. The van der Waals surface area contributed by atoms with Crippen LogP contribution in [0, 0.1) is 13.8 Å². The molecule has 2 heterocycles. The van der Waals surface area contributed by atoms with Crippen LogP contribution < -0.4 is 5.32 Å². The second kappa shape index (κ2) is 6.08. The second-order valence-corrected chi connectivity index (χ2v) is 6.54. The molecule has 1 aliphatic rings. The highest BCUT2D eigenvalue weighted by Crippen LogP contribution is 2.34. The van der Waals surface area contributed by atoms with Crippen molar-refractivity contribution in [2.45, 2.75) is 19.9 Å². The lowest BCUT2D eigenvalue weighted by molar-refractivity contribution is 0.200. The fourth-order valence-corrected chi connectivity index (χ4v) is 3.85. The zero-order valence-electron chi connectivity index (χ0n) is 12.2. The third kappa shape index (κ3) is 2.80. The molecule has 2 nitrogen and oxygen atoms in total. The van der Waals surface area contributed by atoms with Crippen LogP contribution in [-0.4, -0.2) is 31.1 Å². The summed E-state index contributed by atoms with van der Waals surface area (Å²) in [6.07, 6.45) is 0. The Bertz CT molecular complexity index is 556. The second-order valence-electron chi connectivity index (χ2n) is 5.56. The van der Waals surface area contributed by atoms with E-state index in [0.717, 1.165) is 26.2 Å². The minimum Gasteiger partial charge on any atom is -0.314 e. The average Bonchev–Trinajstić information content (AvgIpc) is 2.98. The normalized spacial score (nSPS) is 18.1. The molecule has 1 aromatic carbocycles. The molecule has 0 bridgehead atoms. The summed E-state index contributed by atoms with van der Waals surface area (Å²) in [4.78, 5) is 4.07. The largest absolute Gasteiger partial charge is 0.314 e. The predicted octanol–water partition coefficient (Wildman–Crippen LogP) is 3.36. The molecule has 0 radical (unpaired) electrons. The summed E-state index contributed by atoms with van der Waals surface area (Å²) in [6, 6.07) is 11.7. The first-order chi connectivity index (χ1) is 9.75. The van der Waals surface area contributed by atoms with Gasteiger partial charge in [0.25, 0.3) is 0 Å². The van der Waals surface area contributed by atoms with Crippen LogP contribution in [0.4, 0.5) is 0 Å². The molecule has 0 saturated carbocycles. The van der Waals surface area contributed by atoms with Gasteiger partial charge in [0.15, 0.2) is 0 Å². The van der Waals surface area contributed by atoms with Crippen molar-refractivity contribution >= 4 is 11.3 Å². The molecule has 1 aromatic heterocycles. The Hall–Kier alpha value is -1.16. The van der Waals surface area contributed by atoms with Gasteiger partial charge >= 0.3 is 0 Å². The number of benzene rings is 1. The summed E-state index contributed by atoms with van der Waals surface area (Å²) in [5, 5.41) is 5.64. The highest BCUT2D eigenvalue weighted by atomic mass is 32.1. The molecule has 0 amide bonds. The zero-order valence-corrected chi connectivity index (χ0v) is 13.0. The van der Waals surface area contributed by atoms with Crippen LogP contribution in [0.1, 0.15) is 27.6 Å². The molecule has 2 aromatic rings. The van der Waals surface area contributed by atoms with E-state index < -0.39 is 0 Å². The van der Waals surface area contributed by atoms with E-state index in [1.54, 1.807) is 0 Å². The Kier molecular flexibility index (Phi) is 4.20. The summed E-state index contributed by atoms with van der Waals surface area (Å²) >= 11 is 1.87. The topological polar surface area (TPSA) is 15.3 Å². The van der Waals surface area contributed by atoms with Gasteiger partial charge in [-0.05, 0) is 36.4 Å². The predicted molar refractivity (Wildman–Crippen MR) is 86.5 cm³/mol. The molecule has 1 atom stereocenters. The number of piperazine rings is 1. The van der Waals surface area contributed by atoms with Crippen LogP contribution in [-0.2, 0) is 0 Å². The number of hydrogen-bond donors (Lipinski definition) is 1. The monoisotopic (exact) mass is 286 g/mol. The highest BCUT2D eigenvalue weighted by Gasteiger charge is 2.25. The summed E-state index contributed by atoms with van der Waals surface area (Å²) < 4.78 is 0. The minimum absolute atomic E-state index is 0.414. The number of nitrogens with one attached hydrogen (secondary N) is 1. The lowest BCUT2D eigenvalue weighted by Crippen LogP contribution is -2.45. The standard InChI is InChI=1S/C17H22N2S/c1-13-5-6-14(2)15(12-13)17(16-4-3-11-20-16)19-9-7-18-8-10-19/h3-6,11-12,17-18H,7-10H2,1-2H3. The first kappa shape index (κ1) is 13.8. The molecule has 1 N–H and O–H groups in total. The summed E-state index contributed by atoms with van der Waals surface area (Å²) in [5.41, 5.74) is 4.21. The van der Waals surface area contributed by atoms with E-state index in [1.165, 1.54) is 21.6 Å². The summed E-state index contributed by atoms with van der Waals surface area (Å²) in [7, 11) is 0. The van der Waals surface area contributed by atoms with Gasteiger partial charge in [0, 0.05) is 31.1 Å². The van der Waals surface area contributed by atoms with Crippen molar-refractivity contribution in [3.8, 4) is 0 Å². The fourth-order valence-electron chi connectivity index (χ4n) is 2.97. The number of aryl methyl sites for hydroxylation is 2. The van der Waals surface area contributed by atoms with Crippen molar-refractivity contribution < 1.29 is 0 Å². The molecule has 1 aliphatic heterocycles. The van der Waals surface area contributed by atoms with E-state index in [-0.39, 0.29) is 0 Å². The van der Waals surface area contributed by atoms with Gasteiger partial charge in [-0.2, -0.15) is 0 Å². The molecular weight excluding hydrogens is 264 g/mol. The Morgan fingerprint density at radius 3 is 2.65 bits per heavy atom. The van der Waals surface area contributed by atoms with Crippen LogP contribution in [0.3, 0.4) is 0 Å². The molecular formula is C17H22N2S. The number of rotatable bonds is 3. The third-order valence-corrected chi connectivity index (χ3v) is 4.98. The van der Waals surface area contributed by atoms with Gasteiger partial charge < -0.3 is 5.32 Å². The van der Waals surface area contributed by atoms with E-state index in [2.05, 4.69) is 59.8 Å². The average molecular weight is 286 g/mol. The first-order valence-electron chi connectivity index (χ1n) is 7.31. The van der Waals surface area contributed by atoms with Crippen molar-refractivity contribution in [1.29, 1.82) is 0 Å². The number of nitrogens with zero attached hydrogens (tertiary/aromatic N) is 1. The quantitative estimate of drug-likeness (QED) is 0.931. The van der Waals surface area contributed by atoms with Gasteiger partial charge in [0.05, 0.1) is 6.04 Å². The Morgan fingerprint density at radius 2 is 1.95 bits per heavy atom. The van der Waals surface area contributed by atoms with Gasteiger partial charge in [0.1, 0.15) is 0 Å². The van der Waals surface area contributed by atoms with Crippen molar-refractivity contribution in [2.75, 3.05) is 26.2 Å². The van der Waals surface area contributed by atoms with E-state index in [4.69, 9.17) is 0 Å². The maximum Gasteiger partial charge on any atom is 0.0699 e. The van der Waals surface area contributed by atoms with Gasteiger partial charge in [-0.1, -0.05) is 29.8 Å². The molecule has 20 heavy (non-hydrogen) atoms. The van der Waals surface area contributed by atoms with Gasteiger partial charge in [-0.3, -0.25) is 4.90 Å². The minimum atomic E-state index is 0.414. The van der Waals surface area contributed by atoms with Crippen LogP contribution >= 0.6 is 11.3 Å². The SMILES string of the molecule is Cc1ccc(C)c(C(c2cccs2)N2CCNCC2)c1. The van der Waals surface area contributed by atoms with Crippen LogP contribution in [0.2, 0.25) is 0 Å².